The van der Waals surface area contributed by atoms with Crippen molar-refractivity contribution in [2.45, 2.75) is 13.8 Å². The molecule has 2 amide bonds. The van der Waals surface area contributed by atoms with Gasteiger partial charge in [0.1, 0.15) is 6.54 Å². The van der Waals surface area contributed by atoms with Crippen LogP contribution in [0.25, 0.3) is 0 Å². The highest BCUT2D eigenvalue weighted by Crippen LogP contribution is 2.20. The minimum atomic E-state index is -0.262. The molecule has 1 aromatic rings. The van der Waals surface area contributed by atoms with E-state index in [4.69, 9.17) is 11.6 Å². The Morgan fingerprint density at radius 2 is 2.16 bits per heavy atom. The lowest BCUT2D eigenvalue weighted by Gasteiger charge is -2.19. The Labute approximate surface area is 118 Å². The first kappa shape index (κ1) is 15.2. The van der Waals surface area contributed by atoms with E-state index in [1.54, 1.807) is 18.2 Å². The van der Waals surface area contributed by atoms with E-state index in [1.807, 2.05) is 13.0 Å². The number of nitrogens with zero attached hydrogens (tertiary/aromatic N) is 1. The highest BCUT2D eigenvalue weighted by atomic mass is 35.5. The summed E-state index contributed by atoms with van der Waals surface area (Å²) in [5, 5.41) is 3.29. The predicted octanol–water partition coefficient (Wildman–Crippen LogP) is 2.62. The zero-order valence-electron chi connectivity index (χ0n) is 11.1. The lowest BCUT2D eigenvalue weighted by molar-refractivity contribution is -0.132. The summed E-state index contributed by atoms with van der Waals surface area (Å²) in [6.45, 7) is 7.19. The molecule has 0 radical (unpaired) electrons. The summed E-state index contributed by atoms with van der Waals surface area (Å²) in [4.78, 5) is 24.6. The second kappa shape index (κ2) is 6.95. The molecule has 0 aromatic heterocycles. The molecule has 0 saturated carbocycles. The van der Waals surface area contributed by atoms with Crippen LogP contribution in [0.4, 0.5) is 5.69 Å². The molecule has 0 unspecified atom stereocenters. The minimum Gasteiger partial charge on any atom is -0.330 e. The van der Waals surface area contributed by atoms with Gasteiger partial charge in [0.05, 0.1) is 0 Å². The summed E-state index contributed by atoms with van der Waals surface area (Å²) >= 11 is 5.88. The fourth-order valence-electron chi connectivity index (χ4n) is 1.55. The number of carbonyl (C=O) groups excluding carboxylic acids is 2. The molecule has 0 aliphatic heterocycles. The fourth-order valence-corrected chi connectivity index (χ4v) is 1.72. The molecule has 0 aliphatic rings. The van der Waals surface area contributed by atoms with Crippen LogP contribution in [0.3, 0.4) is 0 Å². The molecule has 1 rings (SSSR count). The summed E-state index contributed by atoms with van der Waals surface area (Å²) in [6, 6.07) is 5.26. The van der Waals surface area contributed by atoms with Crippen LogP contribution in [-0.4, -0.2) is 29.8 Å². The molecular formula is C14H17ClN2O2. The van der Waals surface area contributed by atoms with Crippen LogP contribution in [0.15, 0.2) is 30.9 Å². The van der Waals surface area contributed by atoms with Crippen LogP contribution in [0.1, 0.15) is 12.5 Å². The molecule has 1 N–H and O–H groups in total. The Bertz CT molecular complexity index is 500. The van der Waals surface area contributed by atoms with Crippen molar-refractivity contribution in [1.29, 1.82) is 0 Å². The van der Waals surface area contributed by atoms with Gasteiger partial charge in [-0.2, -0.15) is 0 Å². The molecule has 102 valence electrons. The van der Waals surface area contributed by atoms with Crippen molar-refractivity contribution >= 4 is 29.1 Å². The van der Waals surface area contributed by atoms with Gasteiger partial charge in [-0.25, -0.2) is 0 Å². The first-order chi connectivity index (χ1) is 8.93. The Hall–Kier alpha value is -1.81. The molecule has 1 aromatic carbocycles. The first-order valence-corrected chi connectivity index (χ1v) is 6.24. The summed E-state index contributed by atoms with van der Waals surface area (Å²) < 4.78 is 0. The number of aryl methyl sites for hydroxylation is 1. The van der Waals surface area contributed by atoms with Gasteiger partial charge in [-0.3, -0.25) is 9.59 Å². The second-order valence-electron chi connectivity index (χ2n) is 4.20. The molecule has 5 heteroatoms. The lowest BCUT2D eigenvalue weighted by Crippen LogP contribution is -2.36. The summed E-state index contributed by atoms with van der Waals surface area (Å²) in [6.07, 6.45) is 1.58. The van der Waals surface area contributed by atoms with Crippen molar-refractivity contribution in [3.05, 3.63) is 41.4 Å². The van der Waals surface area contributed by atoms with E-state index in [1.165, 1.54) is 11.8 Å². The van der Waals surface area contributed by atoms with E-state index in [-0.39, 0.29) is 18.4 Å². The van der Waals surface area contributed by atoms with Gasteiger partial charge in [0.15, 0.2) is 0 Å². The summed E-state index contributed by atoms with van der Waals surface area (Å²) in [5.41, 5.74) is 1.57. The normalized spacial score (nSPS) is 9.84. The Morgan fingerprint density at radius 1 is 1.47 bits per heavy atom. The maximum Gasteiger partial charge on any atom is 0.244 e. The topological polar surface area (TPSA) is 49.4 Å². The van der Waals surface area contributed by atoms with E-state index in [0.717, 1.165) is 5.56 Å². The maximum atomic E-state index is 11.9. The number of carbonyl (C=O) groups is 2. The molecule has 0 aliphatic carbocycles. The van der Waals surface area contributed by atoms with E-state index >= 15 is 0 Å². The molecule has 19 heavy (non-hydrogen) atoms. The Kier molecular flexibility index (Phi) is 5.57. The smallest absolute Gasteiger partial charge is 0.244 e. The van der Waals surface area contributed by atoms with Gasteiger partial charge in [0.25, 0.3) is 0 Å². The van der Waals surface area contributed by atoms with Crippen molar-refractivity contribution in [3.63, 3.8) is 0 Å². The van der Waals surface area contributed by atoms with Crippen LogP contribution in [-0.2, 0) is 9.59 Å². The molecular weight excluding hydrogens is 264 g/mol. The Morgan fingerprint density at radius 3 is 2.74 bits per heavy atom. The second-order valence-corrected chi connectivity index (χ2v) is 4.63. The number of hydrogen-bond donors (Lipinski definition) is 1. The average molecular weight is 281 g/mol. The highest BCUT2D eigenvalue weighted by Gasteiger charge is 2.13. The van der Waals surface area contributed by atoms with Gasteiger partial charge in [-0.1, -0.05) is 23.7 Å². The zero-order valence-corrected chi connectivity index (χ0v) is 11.8. The number of hydrogen-bond acceptors (Lipinski definition) is 2. The van der Waals surface area contributed by atoms with Gasteiger partial charge in [0.2, 0.25) is 11.8 Å². The van der Waals surface area contributed by atoms with Crippen LogP contribution in [0.2, 0.25) is 5.02 Å². The molecule has 0 atom stereocenters. The van der Waals surface area contributed by atoms with E-state index in [2.05, 4.69) is 11.9 Å². The molecule has 0 bridgehead atoms. The number of anilines is 1. The van der Waals surface area contributed by atoms with Crippen molar-refractivity contribution in [3.8, 4) is 0 Å². The van der Waals surface area contributed by atoms with Crippen LogP contribution >= 0.6 is 11.6 Å². The quantitative estimate of drug-likeness (QED) is 0.843. The van der Waals surface area contributed by atoms with Gasteiger partial charge in [0, 0.05) is 24.2 Å². The zero-order chi connectivity index (χ0) is 14.4. The SMILES string of the molecule is C=CCN(CC(=O)Nc1cc(Cl)ccc1C)C(C)=O. The van der Waals surface area contributed by atoms with Crippen LogP contribution < -0.4 is 5.32 Å². The Balaban J connectivity index is 2.71. The fraction of sp³-hybridized carbons (Fsp3) is 0.286. The molecule has 4 nitrogen and oxygen atoms in total. The van der Waals surface area contributed by atoms with Crippen molar-refractivity contribution in [1.82, 2.24) is 4.90 Å². The van der Waals surface area contributed by atoms with Gasteiger partial charge in [-0.15, -0.1) is 6.58 Å². The predicted molar refractivity (Wildman–Crippen MR) is 77.3 cm³/mol. The summed E-state index contributed by atoms with van der Waals surface area (Å²) in [7, 11) is 0. The maximum absolute atomic E-state index is 11.9. The number of rotatable bonds is 5. The molecule has 0 spiro atoms. The highest BCUT2D eigenvalue weighted by molar-refractivity contribution is 6.31. The van der Waals surface area contributed by atoms with Crippen molar-refractivity contribution in [2.24, 2.45) is 0 Å². The number of amides is 2. The number of nitrogens with one attached hydrogen (secondary N) is 1. The van der Waals surface area contributed by atoms with Crippen LogP contribution in [0.5, 0.6) is 0 Å². The van der Waals surface area contributed by atoms with E-state index in [0.29, 0.717) is 17.3 Å². The molecule has 0 heterocycles. The monoisotopic (exact) mass is 280 g/mol. The van der Waals surface area contributed by atoms with Gasteiger partial charge >= 0.3 is 0 Å². The molecule has 0 saturated heterocycles. The molecule has 0 fully saturated rings. The van der Waals surface area contributed by atoms with Gasteiger partial charge < -0.3 is 10.2 Å². The number of halogens is 1. The lowest BCUT2D eigenvalue weighted by atomic mass is 10.2. The standard InChI is InChI=1S/C14H17ClN2O2/c1-4-7-17(11(3)18)9-14(19)16-13-8-12(15)6-5-10(13)2/h4-6,8H,1,7,9H2,2-3H3,(H,16,19). The van der Waals surface area contributed by atoms with Crippen LogP contribution in [0, 0.1) is 6.92 Å². The third kappa shape index (κ3) is 4.75. The van der Waals surface area contributed by atoms with Crippen molar-refractivity contribution < 1.29 is 9.59 Å². The largest absolute Gasteiger partial charge is 0.330 e. The van der Waals surface area contributed by atoms with Crippen molar-refractivity contribution in [2.75, 3.05) is 18.4 Å². The van der Waals surface area contributed by atoms with E-state index in [9.17, 15) is 9.59 Å². The summed E-state index contributed by atoms with van der Waals surface area (Å²) in [5.74, 6) is -0.430. The third-order valence-corrected chi connectivity index (χ3v) is 2.84. The number of benzene rings is 1. The first-order valence-electron chi connectivity index (χ1n) is 5.86. The van der Waals surface area contributed by atoms with Gasteiger partial charge in [-0.05, 0) is 24.6 Å². The average Bonchev–Trinajstić information content (AvgIpc) is 2.33. The van der Waals surface area contributed by atoms with E-state index < -0.39 is 0 Å². The minimum absolute atomic E-state index is 0.00664. The third-order valence-electron chi connectivity index (χ3n) is 2.60.